The lowest BCUT2D eigenvalue weighted by molar-refractivity contribution is -0.145. The molecule has 0 bridgehead atoms. The summed E-state index contributed by atoms with van der Waals surface area (Å²) >= 11 is 0. The van der Waals surface area contributed by atoms with E-state index in [4.69, 9.17) is 18.9 Å². The average molecular weight is 445 g/mol. The van der Waals surface area contributed by atoms with E-state index in [0.29, 0.717) is 58.4 Å². The molecule has 0 radical (unpaired) electrons. The Labute approximate surface area is 192 Å². The third-order valence-corrected chi connectivity index (χ3v) is 5.47. The van der Waals surface area contributed by atoms with Gasteiger partial charge < -0.3 is 18.9 Å². The predicted octanol–water partition coefficient (Wildman–Crippen LogP) is 6.72. The van der Waals surface area contributed by atoms with Crippen molar-refractivity contribution in [2.24, 2.45) is 5.92 Å². The van der Waals surface area contributed by atoms with Gasteiger partial charge in [0, 0.05) is 19.6 Å². The summed E-state index contributed by atoms with van der Waals surface area (Å²) in [7, 11) is 0. The number of unbranched alkanes of at least 4 members (excludes halogenated alkanes) is 7. The Balaban J connectivity index is 3.50. The van der Waals surface area contributed by atoms with Crippen molar-refractivity contribution >= 4 is 5.97 Å². The highest BCUT2D eigenvalue weighted by Crippen LogP contribution is 2.18. The van der Waals surface area contributed by atoms with Crippen molar-refractivity contribution in [3.63, 3.8) is 0 Å². The second kappa shape index (κ2) is 25.6. The van der Waals surface area contributed by atoms with Gasteiger partial charge in [0.2, 0.25) is 0 Å². The molecule has 1 unspecified atom stereocenters. The molecule has 0 rings (SSSR count). The summed E-state index contributed by atoms with van der Waals surface area (Å²) in [5.74, 6) is 0.431. The van der Waals surface area contributed by atoms with Gasteiger partial charge in [-0.15, -0.1) is 0 Å². The first-order valence-electron chi connectivity index (χ1n) is 13.1. The quantitative estimate of drug-likeness (QED) is 0.116. The zero-order chi connectivity index (χ0) is 22.8. The van der Waals surface area contributed by atoms with Gasteiger partial charge in [0.25, 0.3) is 0 Å². The van der Waals surface area contributed by atoms with E-state index in [1.807, 2.05) is 0 Å². The highest BCUT2D eigenvalue weighted by molar-refractivity contribution is 5.69. The third kappa shape index (κ3) is 23.8. The molecule has 0 N–H and O–H groups in total. The van der Waals surface area contributed by atoms with Crippen LogP contribution in [0.4, 0.5) is 0 Å². The normalized spacial score (nSPS) is 12.2. The molecule has 0 heterocycles. The molecular weight excluding hydrogens is 392 g/mol. The number of carbonyl (C=O) groups is 1. The van der Waals surface area contributed by atoms with Gasteiger partial charge in [-0.05, 0) is 31.6 Å². The summed E-state index contributed by atoms with van der Waals surface area (Å²) in [6.45, 7) is 11.0. The molecule has 0 aliphatic heterocycles. The Kier molecular flexibility index (Phi) is 25.1. The van der Waals surface area contributed by atoms with E-state index in [9.17, 15) is 4.79 Å². The Morgan fingerprint density at radius 2 is 1.10 bits per heavy atom. The second-order valence-electron chi connectivity index (χ2n) is 8.54. The molecule has 0 aromatic carbocycles. The number of carbonyl (C=O) groups excluding carboxylic acids is 1. The van der Waals surface area contributed by atoms with Gasteiger partial charge in [0.05, 0.1) is 33.0 Å². The highest BCUT2D eigenvalue weighted by atomic mass is 16.5. The first kappa shape index (κ1) is 30.4. The largest absolute Gasteiger partial charge is 0.465 e. The minimum Gasteiger partial charge on any atom is -0.465 e. The van der Waals surface area contributed by atoms with Crippen molar-refractivity contribution in [3.8, 4) is 0 Å². The first-order chi connectivity index (χ1) is 15.2. The van der Waals surface area contributed by atoms with Crippen molar-refractivity contribution < 1.29 is 23.7 Å². The summed E-state index contributed by atoms with van der Waals surface area (Å²) in [4.78, 5) is 12.0. The smallest absolute Gasteiger partial charge is 0.305 e. The molecule has 5 heteroatoms. The standard InChI is InChI=1S/C26H52O5/c1-4-7-10-12-16-25(15-9-6-3)24-31-26(27)17-14-19-29-21-23-30-22-20-28-18-13-11-8-5-2/h25H,4-24H2,1-3H3. The van der Waals surface area contributed by atoms with Crippen LogP contribution < -0.4 is 0 Å². The highest BCUT2D eigenvalue weighted by Gasteiger charge is 2.12. The van der Waals surface area contributed by atoms with Gasteiger partial charge in [-0.2, -0.15) is 0 Å². The zero-order valence-corrected chi connectivity index (χ0v) is 21.0. The maximum Gasteiger partial charge on any atom is 0.305 e. The van der Waals surface area contributed by atoms with E-state index in [2.05, 4.69) is 20.8 Å². The summed E-state index contributed by atoms with van der Waals surface area (Å²) in [6, 6.07) is 0. The van der Waals surface area contributed by atoms with Crippen LogP contribution in [0, 0.1) is 5.92 Å². The number of hydrogen-bond acceptors (Lipinski definition) is 5. The maximum atomic E-state index is 12.0. The number of rotatable bonds is 25. The van der Waals surface area contributed by atoms with Crippen LogP contribution in [0.5, 0.6) is 0 Å². The minimum atomic E-state index is -0.0917. The SMILES string of the molecule is CCCCCCOCCOCCOCCCC(=O)OCC(CCCC)CCCCCC. The van der Waals surface area contributed by atoms with Gasteiger partial charge >= 0.3 is 5.97 Å². The monoisotopic (exact) mass is 444 g/mol. The number of esters is 1. The van der Waals surface area contributed by atoms with E-state index in [-0.39, 0.29) is 5.97 Å². The van der Waals surface area contributed by atoms with E-state index in [0.717, 1.165) is 13.0 Å². The van der Waals surface area contributed by atoms with Crippen LogP contribution in [-0.4, -0.2) is 52.2 Å². The maximum absolute atomic E-state index is 12.0. The third-order valence-electron chi connectivity index (χ3n) is 5.47. The lowest BCUT2D eigenvalue weighted by Gasteiger charge is -2.16. The zero-order valence-electron chi connectivity index (χ0n) is 21.0. The molecule has 0 aromatic heterocycles. The Bertz CT molecular complexity index is 362. The van der Waals surface area contributed by atoms with E-state index >= 15 is 0 Å². The molecule has 0 amide bonds. The van der Waals surface area contributed by atoms with Gasteiger partial charge in [0.15, 0.2) is 0 Å². The van der Waals surface area contributed by atoms with E-state index < -0.39 is 0 Å². The van der Waals surface area contributed by atoms with Gasteiger partial charge in [-0.1, -0.05) is 78.6 Å². The van der Waals surface area contributed by atoms with Crippen LogP contribution >= 0.6 is 0 Å². The molecule has 0 spiro atoms. The lowest BCUT2D eigenvalue weighted by Crippen LogP contribution is -2.15. The molecule has 0 aromatic rings. The van der Waals surface area contributed by atoms with Gasteiger partial charge in [-0.3, -0.25) is 4.79 Å². The molecule has 186 valence electrons. The number of hydrogen-bond donors (Lipinski definition) is 0. The lowest BCUT2D eigenvalue weighted by atomic mass is 9.96. The Hall–Kier alpha value is -0.650. The Morgan fingerprint density at radius 1 is 0.581 bits per heavy atom. The molecule has 0 saturated carbocycles. The van der Waals surface area contributed by atoms with Crippen molar-refractivity contribution in [1.29, 1.82) is 0 Å². The van der Waals surface area contributed by atoms with E-state index in [1.165, 1.54) is 70.6 Å². The summed E-state index contributed by atoms with van der Waals surface area (Å²) in [5, 5.41) is 0. The van der Waals surface area contributed by atoms with Crippen LogP contribution in [-0.2, 0) is 23.7 Å². The number of ether oxygens (including phenoxy) is 4. The van der Waals surface area contributed by atoms with Crippen molar-refractivity contribution in [1.82, 2.24) is 0 Å². The predicted molar refractivity (Wildman–Crippen MR) is 129 cm³/mol. The first-order valence-corrected chi connectivity index (χ1v) is 13.1. The molecule has 31 heavy (non-hydrogen) atoms. The fraction of sp³-hybridized carbons (Fsp3) is 0.962. The van der Waals surface area contributed by atoms with Crippen LogP contribution in [0.1, 0.15) is 111 Å². The van der Waals surface area contributed by atoms with Gasteiger partial charge in [0.1, 0.15) is 0 Å². The van der Waals surface area contributed by atoms with Crippen LogP contribution in [0.3, 0.4) is 0 Å². The van der Waals surface area contributed by atoms with Gasteiger partial charge in [-0.25, -0.2) is 0 Å². The molecule has 5 nitrogen and oxygen atoms in total. The molecule has 0 aliphatic carbocycles. The molecule has 0 aliphatic rings. The molecule has 1 atom stereocenters. The Morgan fingerprint density at radius 3 is 1.71 bits per heavy atom. The fourth-order valence-corrected chi connectivity index (χ4v) is 3.44. The molecule has 0 fully saturated rings. The van der Waals surface area contributed by atoms with Crippen LogP contribution in [0.15, 0.2) is 0 Å². The molecule has 0 saturated heterocycles. The summed E-state index contributed by atoms with van der Waals surface area (Å²) in [6.07, 6.45) is 15.9. The van der Waals surface area contributed by atoms with Crippen LogP contribution in [0.2, 0.25) is 0 Å². The van der Waals surface area contributed by atoms with Crippen molar-refractivity contribution in [2.45, 2.75) is 111 Å². The summed E-state index contributed by atoms with van der Waals surface area (Å²) < 4.78 is 22.1. The second-order valence-corrected chi connectivity index (χ2v) is 8.54. The minimum absolute atomic E-state index is 0.0917. The summed E-state index contributed by atoms with van der Waals surface area (Å²) in [5.41, 5.74) is 0. The van der Waals surface area contributed by atoms with E-state index in [1.54, 1.807) is 0 Å². The average Bonchev–Trinajstić information content (AvgIpc) is 2.78. The van der Waals surface area contributed by atoms with Crippen LogP contribution in [0.25, 0.3) is 0 Å². The topological polar surface area (TPSA) is 54.0 Å². The molecular formula is C26H52O5. The fourth-order valence-electron chi connectivity index (χ4n) is 3.44. The van der Waals surface area contributed by atoms with Crippen molar-refractivity contribution in [3.05, 3.63) is 0 Å². The van der Waals surface area contributed by atoms with Crippen molar-refractivity contribution in [2.75, 3.05) is 46.2 Å².